The Hall–Kier alpha value is -6.34. The minimum Gasteiger partial charge on any atom is -0.480 e. The molecule has 1 saturated carbocycles. The summed E-state index contributed by atoms with van der Waals surface area (Å²) in [6.45, 7) is 7.47. The van der Waals surface area contributed by atoms with Crippen LogP contribution in [0.25, 0.3) is 0 Å². The number of carboxylic acid groups (broad SMARTS) is 1. The first-order valence-electron chi connectivity index (χ1n) is 19.8. The SMILES string of the molecule is CC(C)[C@H](NC(=O)[C@@H](NC(=O)[C@@H](NC(=O)[C@H](CC(N)=O)NC(=O)/C=C/C(=O)N[C@@H](C)C(=O)NCC(=O)N[C@@H](Cc1ccccc1)C(=O)O)C1CCCCC1)C(C)C)C(N)=O. The van der Waals surface area contributed by atoms with Gasteiger partial charge < -0.3 is 53.8 Å². The molecule has 1 fully saturated rings. The molecule has 0 unspecified atom stereocenters. The molecule has 1 aromatic rings. The van der Waals surface area contributed by atoms with Crippen LogP contribution in [0.2, 0.25) is 0 Å². The van der Waals surface area contributed by atoms with E-state index >= 15 is 0 Å². The van der Waals surface area contributed by atoms with E-state index in [4.69, 9.17) is 11.5 Å². The predicted octanol–water partition coefficient (Wildman–Crippen LogP) is -1.83. The molecule has 0 radical (unpaired) electrons. The number of carboxylic acids is 1. The first kappa shape index (κ1) is 49.8. The maximum Gasteiger partial charge on any atom is 0.326 e. The summed E-state index contributed by atoms with van der Waals surface area (Å²) in [6, 6.07) is 1.24. The fourth-order valence-corrected chi connectivity index (χ4v) is 6.43. The van der Waals surface area contributed by atoms with Crippen LogP contribution < -0.4 is 48.7 Å². The first-order valence-corrected chi connectivity index (χ1v) is 19.8. The number of carbonyl (C=O) groups is 10. The van der Waals surface area contributed by atoms with Gasteiger partial charge in [0.15, 0.2) is 0 Å². The molecule has 1 aliphatic carbocycles. The number of nitrogens with one attached hydrogen (secondary N) is 7. The largest absolute Gasteiger partial charge is 0.480 e. The summed E-state index contributed by atoms with van der Waals surface area (Å²) in [4.78, 5) is 127. The van der Waals surface area contributed by atoms with Crippen molar-refractivity contribution in [1.29, 1.82) is 0 Å². The van der Waals surface area contributed by atoms with Crippen molar-refractivity contribution in [2.75, 3.05) is 6.54 Å². The van der Waals surface area contributed by atoms with Gasteiger partial charge >= 0.3 is 5.97 Å². The molecule has 0 bridgehead atoms. The molecule has 1 aromatic carbocycles. The Labute approximate surface area is 348 Å². The van der Waals surface area contributed by atoms with Crippen LogP contribution in [0.15, 0.2) is 42.5 Å². The zero-order chi connectivity index (χ0) is 45.1. The number of hydrogen-bond donors (Lipinski definition) is 10. The molecule has 0 heterocycles. The molecule has 6 atom stereocenters. The van der Waals surface area contributed by atoms with Crippen molar-refractivity contribution in [1.82, 2.24) is 37.2 Å². The number of aliphatic carboxylic acids is 1. The van der Waals surface area contributed by atoms with E-state index in [2.05, 4.69) is 37.2 Å². The Morgan fingerprint density at radius 3 is 1.77 bits per heavy atom. The highest BCUT2D eigenvalue weighted by Gasteiger charge is 2.37. The van der Waals surface area contributed by atoms with Crippen molar-refractivity contribution >= 4 is 59.1 Å². The van der Waals surface area contributed by atoms with Crippen molar-refractivity contribution in [3.05, 3.63) is 48.0 Å². The molecule has 330 valence electrons. The summed E-state index contributed by atoms with van der Waals surface area (Å²) in [5.74, 6) is -9.93. The van der Waals surface area contributed by atoms with E-state index in [0.717, 1.165) is 31.4 Å². The van der Waals surface area contributed by atoms with Gasteiger partial charge in [0.25, 0.3) is 0 Å². The quantitative estimate of drug-likeness (QED) is 0.0547. The standard InChI is InChI=1S/C40H59N9O11/c1-21(2)32(35(42)54)47-38(57)33(22(3)4)48-39(58)34(25-14-10-7-11-15-25)49-37(56)26(19-28(41)50)45-30(52)17-16-29(51)44-23(5)36(55)43-20-31(53)46-27(40(59)60)18-24-12-8-6-9-13-24/h6,8-9,12-13,16-17,21-23,25-27,32-34H,7,10-11,14-15,18-20H2,1-5H3,(H2,41,50)(H2,42,54)(H,43,55)(H,44,51)(H,45,52)(H,46,53)(H,47,57)(H,48,58)(H,49,56)(H,59,60)/b17-16+/t23-,26-,27-,32-,33-,34-/m0/s1. The van der Waals surface area contributed by atoms with Crippen LogP contribution in [-0.2, 0) is 54.4 Å². The van der Waals surface area contributed by atoms with E-state index in [0.29, 0.717) is 18.4 Å². The van der Waals surface area contributed by atoms with Gasteiger partial charge in [-0.25, -0.2) is 4.79 Å². The maximum atomic E-state index is 13.8. The van der Waals surface area contributed by atoms with Crippen molar-refractivity contribution in [3.8, 4) is 0 Å². The van der Waals surface area contributed by atoms with E-state index in [9.17, 15) is 53.1 Å². The lowest BCUT2D eigenvalue weighted by Crippen LogP contribution is -2.61. The van der Waals surface area contributed by atoms with E-state index < -0.39 is 114 Å². The van der Waals surface area contributed by atoms with Gasteiger partial charge in [-0.2, -0.15) is 0 Å². The average molecular weight is 842 g/mol. The molecular formula is C40H59N9O11. The molecule has 20 heteroatoms. The van der Waals surface area contributed by atoms with E-state index in [1.54, 1.807) is 58.0 Å². The Balaban J connectivity index is 2.06. The topological polar surface area (TPSA) is 327 Å². The van der Waals surface area contributed by atoms with Gasteiger partial charge in [-0.3, -0.25) is 43.2 Å². The second kappa shape index (κ2) is 24.6. The molecule has 9 amide bonds. The van der Waals surface area contributed by atoms with E-state index in [-0.39, 0.29) is 18.3 Å². The Morgan fingerprint density at radius 2 is 1.23 bits per heavy atom. The second-order valence-corrected chi connectivity index (χ2v) is 15.4. The van der Waals surface area contributed by atoms with Gasteiger partial charge in [0.05, 0.1) is 13.0 Å². The van der Waals surface area contributed by atoms with Gasteiger partial charge in [0.1, 0.15) is 36.3 Å². The van der Waals surface area contributed by atoms with Crippen LogP contribution >= 0.6 is 0 Å². The van der Waals surface area contributed by atoms with E-state index in [1.807, 2.05) is 0 Å². The summed E-state index contributed by atoms with van der Waals surface area (Å²) in [5.41, 5.74) is 11.5. The fraction of sp³-hybridized carbons (Fsp3) is 0.550. The van der Waals surface area contributed by atoms with Gasteiger partial charge in [-0.15, -0.1) is 0 Å². The monoisotopic (exact) mass is 841 g/mol. The first-order chi connectivity index (χ1) is 28.2. The molecule has 60 heavy (non-hydrogen) atoms. The zero-order valence-corrected chi connectivity index (χ0v) is 34.6. The highest BCUT2D eigenvalue weighted by Crippen LogP contribution is 2.27. The fourth-order valence-electron chi connectivity index (χ4n) is 6.43. The lowest BCUT2D eigenvalue weighted by molar-refractivity contribution is -0.141. The molecule has 12 N–H and O–H groups in total. The smallest absolute Gasteiger partial charge is 0.326 e. The third-order valence-corrected chi connectivity index (χ3v) is 9.73. The molecule has 0 saturated heterocycles. The molecule has 0 aromatic heterocycles. The van der Waals surface area contributed by atoms with Crippen LogP contribution in [0.4, 0.5) is 0 Å². The van der Waals surface area contributed by atoms with Crippen molar-refractivity contribution in [3.63, 3.8) is 0 Å². The number of rotatable bonds is 23. The van der Waals surface area contributed by atoms with Crippen LogP contribution in [0.1, 0.15) is 78.7 Å². The number of benzene rings is 1. The number of nitrogens with two attached hydrogens (primary N) is 2. The van der Waals surface area contributed by atoms with Gasteiger partial charge in [0.2, 0.25) is 53.2 Å². The summed E-state index contributed by atoms with van der Waals surface area (Å²) in [6.07, 6.45) is 4.37. The molecule has 0 spiro atoms. The van der Waals surface area contributed by atoms with Crippen LogP contribution in [0.3, 0.4) is 0 Å². The lowest BCUT2D eigenvalue weighted by atomic mass is 9.83. The van der Waals surface area contributed by atoms with Crippen LogP contribution in [0.5, 0.6) is 0 Å². The van der Waals surface area contributed by atoms with Crippen molar-refractivity contribution in [2.45, 2.75) is 116 Å². The molecule has 1 aliphatic rings. The van der Waals surface area contributed by atoms with Crippen LogP contribution in [0, 0.1) is 17.8 Å². The van der Waals surface area contributed by atoms with Gasteiger partial charge in [-0.05, 0) is 43.1 Å². The zero-order valence-electron chi connectivity index (χ0n) is 34.6. The minimum atomic E-state index is -1.59. The third-order valence-electron chi connectivity index (χ3n) is 9.73. The predicted molar refractivity (Wildman–Crippen MR) is 216 cm³/mol. The highest BCUT2D eigenvalue weighted by atomic mass is 16.4. The van der Waals surface area contributed by atoms with Gasteiger partial charge in [-0.1, -0.05) is 77.3 Å². The summed E-state index contributed by atoms with van der Waals surface area (Å²) in [5, 5.41) is 26.6. The molecule has 20 nitrogen and oxygen atoms in total. The summed E-state index contributed by atoms with van der Waals surface area (Å²) < 4.78 is 0. The average Bonchev–Trinajstić information content (AvgIpc) is 3.18. The van der Waals surface area contributed by atoms with Crippen molar-refractivity contribution < 1.29 is 53.1 Å². The number of carbonyl (C=O) groups excluding carboxylic acids is 9. The summed E-state index contributed by atoms with van der Waals surface area (Å²) in [7, 11) is 0. The lowest BCUT2D eigenvalue weighted by Gasteiger charge is -2.33. The number of primary amides is 2. The summed E-state index contributed by atoms with van der Waals surface area (Å²) >= 11 is 0. The van der Waals surface area contributed by atoms with Gasteiger partial charge in [0, 0.05) is 18.6 Å². The Bertz CT molecular complexity index is 1750. The normalized spacial score (nSPS) is 15.9. The minimum absolute atomic E-state index is 0.00921. The van der Waals surface area contributed by atoms with E-state index in [1.165, 1.54) is 6.92 Å². The third kappa shape index (κ3) is 17.3. The second-order valence-electron chi connectivity index (χ2n) is 15.4. The molecule has 2 rings (SSSR count). The number of hydrogen-bond acceptors (Lipinski definition) is 10. The number of amides is 9. The van der Waals surface area contributed by atoms with Crippen molar-refractivity contribution in [2.24, 2.45) is 29.2 Å². The molecule has 0 aliphatic heterocycles. The Kier molecular flexibility index (Phi) is 20.4. The Morgan fingerprint density at radius 1 is 0.667 bits per heavy atom. The molecular weight excluding hydrogens is 782 g/mol. The highest BCUT2D eigenvalue weighted by molar-refractivity contribution is 6.01. The van der Waals surface area contributed by atoms with Crippen LogP contribution in [-0.4, -0.2) is 107 Å². The maximum absolute atomic E-state index is 13.8.